The Morgan fingerprint density at radius 2 is 0.472 bits per heavy atom. The Labute approximate surface area is 811 Å². The standard InChI is InChI=1S/C7H16N2.C7H15NO.C5H11N.C5H10O.C5H10.C4H9N.C4H8O.9C4H10.C3H8N2.C3H7NO.C3H7NS.C3H7N.11C2H6.3CH4/c1-7(2)9-5-3-8-4-6-9;1-6(2)7-5-8-3-4-9-7;2*1-2-4-6-5-3-1;3*1-2-4-5-3-1;9*1-4(2)3;3*1-2-5-3-4-1;1-2-4-3-1;11*1-2;;;/h7-8H,3-6H2,1-2H3;6-8H,3-5H2,1-2H3;6H,1-5H2;1-5H2;1-5H2;5H,1-4H2;1-4H2;9*4H,1-3H3;4-5H,1-3H2;2*4H,1-3H2;4H,1-3H2;11*1-2H3;3*1H4. The van der Waals surface area contributed by atoms with E-state index in [2.05, 4.69) is 267 Å². The summed E-state index contributed by atoms with van der Waals surface area (Å²) in [5.74, 6) is 10.6. The molecule has 14 nitrogen and oxygen atoms in total. The minimum absolute atomic E-state index is 0. The van der Waals surface area contributed by atoms with Gasteiger partial charge >= 0.3 is 0 Å². The van der Waals surface area contributed by atoms with Gasteiger partial charge in [-0.15, -0.1) is 11.8 Å². The number of nitrogens with one attached hydrogen (secondary N) is 9. The quantitative estimate of drug-likeness (QED) is 0.129. The van der Waals surface area contributed by atoms with Crippen LogP contribution < -0.4 is 47.9 Å². The van der Waals surface area contributed by atoms with Crippen LogP contribution in [0.25, 0.3) is 0 Å². The summed E-state index contributed by atoms with van der Waals surface area (Å²) in [4.78, 5) is 2.50. The molecule has 10 saturated heterocycles. The lowest BCUT2D eigenvalue weighted by Gasteiger charge is -2.30. The normalized spacial score (nSPS) is 15.7. The molecule has 10 aliphatic heterocycles. The van der Waals surface area contributed by atoms with Gasteiger partial charge in [0.25, 0.3) is 0 Å². The highest BCUT2D eigenvalue weighted by molar-refractivity contribution is 7.99. The SMILES string of the molecule is C.C.C.C1CCCC1.C1CCNC1.C1CCNCC1.C1CCOC1.C1CCOCC1.C1CNC1.C1CNCN1.C1COCN1.C1CSCN1.CC.CC.CC.CC.CC.CC.CC.CC.CC.CC.CC.CC(C)C.CC(C)C.CC(C)C.CC(C)C.CC(C)C.CC(C)C.CC(C)C.CC(C)C.CC(C)C.CC(C)C1CNCCO1.CC(C)N1CCNCC1. The molecule has 1 saturated carbocycles. The van der Waals surface area contributed by atoms with E-state index in [1.165, 1.54) is 173 Å². The van der Waals surface area contributed by atoms with E-state index in [4.69, 9.17) is 18.9 Å². The van der Waals surface area contributed by atoms with E-state index in [0.717, 1.165) is 158 Å². The molecule has 15 heteroatoms. The summed E-state index contributed by atoms with van der Waals surface area (Å²) in [6.07, 6.45) is 22.8. The Hall–Kier alpha value is -0.210. The fraction of sp³-hybridized carbons (Fsp3) is 1.00. The summed E-state index contributed by atoms with van der Waals surface area (Å²) in [6, 6.07) is 0.729. The van der Waals surface area contributed by atoms with Crippen molar-refractivity contribution >= 4 is 11.8 Å². The second-order valence-electron chi connectivity index (χ2n) is 33.7. The number of thioether (sulfide) groups is 1. The minimum atomic E-state index is 0. The van der Waals surface area contributed by atoms with Crippen LogP contribution in [0.4, 0.5) is 0 Å². The van der Waals surface area contributed by atoms with Gasteiger partial charge in [0.15, 0.2) is 0 Å². The molecule has 1 atom stereocenters. The van der Waals surface area contributed by atoms with Crippen molar-refractivity contribution in [2.75, 3.05) is 169 Å². The van der Waals surface area contributed by atoms with Gasteiger partial charge in [0.1, 0.15) is 0 Å². The Balaban J connectivity index is -0.0000000414. The van der Waals surface area contributed by atoms with E-state index in [1.54, 1.807) is 0 Å². The monoisotopic (exact) mass is 1830 g/mol. The first-order chi connectivity index (χ1) is 58.2. The predicted molar refractivity (Wildman–Crippen MR) is 606 cm³/mol. The lowest BCUT2D eigenvalue weighted by atomic mass is 10.1. The molecule has 1 unspecified atom stereocenters. The maximum absolute atomic E-state index is 5.48. The van der Waals surface area contributed by atoms with Gasteiger partial charge in [0, 0.05) is 116 Å². The van der Waals surface area contributed by atoms with E-state index in [-0.39, 0.29) is 22.3 Å². The molecular formula is C110H276N10O4S. The van der Waals surface area contributed by atoms with Gasteiger partial charge in [0.2, 0.25) is 0 Å². The number of ether oxygens (including phenoxy) is 4. The molecule has 0 spiro atoms. The van der Waals surface area contributed by atoms with Crippen LogP contribution in [0.2, 0.25) is 0 Å². The van der Waals surface area contributed by atoms with Crippen molar-refractivity contribution in [3.05, 3.63) is 0 Å². The van der Waals surface area contributed by atoms with Gasteiger partial charge in [-0.3, -0.25) is 10.2 Å². The van der Waals surface area contributed by atoms with Gasteiger partial charge in [-0.05, 0) is 177 Å². The largest absolute Gasteiger partial charge is 0.381 e. The maximum Gasteiger partial charge on any atom is 0.0966 e. The molecule has 9 N–H and O–H groups in total. The summed E-state index contributed by atoms with van der Waals surface area (Å²) in [5, 5.41) is 28.6. The Morgan fingerprint density at radius 3 is 0.584 bits per heavy atom. The van der Waals surface area contributed by atoms with Gasteiger partial charge in [-0.25, -0.2) is 0 Å². The smallest absolute Gasteiger partial charge is 0.0966 e. The summed E-state index contributed by atoms with van der Waals surface area (Å²) in [6.45, 7) is 138. The summed E-state index contributed by atoms with van der Waals surface area (Å²) in [5.41, 5.74) is 0. The van der Waals surface area contributed by atoms with Gasteiger partial charge in [-0.2, -0.15) is 0 Å². The van der Waals surface area contributed by atoms with Crippen LogP contribution in [-0.2, 0) is 18.9 Å². The first-order valence-electron chi connectivity index (χ1n) is 53.2. The van der Waals surface area contributed by atoms with Crippen LogP contribution in [0.3, 0.4) is 0 Å². The number of nitrogens with zero attached hydrogens (tertiary/aromatic N) is 1. The number of piperazine rings is 1. The Morgan fingerprint density at radius 1 is 0.232 bits per heavy atom. The maximum atomic E-state index is 5.48. The second-order valence-corrected chi connectivity index (χ2v) is 34.8. The number of rotatable bonds is 2. The molecule has 11 rings (SSSR count). The molecule has 10 heterocycles. The van der Waals surface area contributed by atoms with E-state index >= 15 is 0 Å². The fourth-order valence-corrected chi connectivity index (χ4v) is 7.78. The lowest BCUT2D eigenvalue weighted by Crippen LogP contribution is -2.46. The summed E-state index contributed by atoms with van der Waals surface area (Å²) in [7, 11) is 0. The zero-order valence-electron chi connectivity index (χ0n) is 96.6. The average molecular weight is 1840 g/mol. The lowest BCUT2D eigenvalue weighted by molar-refractivity contribution is 0.000506. The predicted octanol–water partition coefficient (Wildman–Crippen LogP) is 33.1. The van der Waals surface area contributed by atoms with Crippen LogP contribution in [0.15, 0.2) is 0 Å². The first kappa shape index (κ1) is 185. The van der Waals surface area contributed by atoms with Gasteiger partial charge < -0.3 is 61.5 Å². The van der Waals surface area contributed by atoms with Crippen LogP contribution in [0.5, 0.6) is 0 Å². The van der Waals surface area contributed by atoms with Crippen LogP contribution >= 0.6 is 11.8 Å². The molecule has 0 aromatic carbocycles. The van der Waals surface area contributed by atoms with E-state index in [0.29, 0.717) is 12.0 Å². The zero-order valence-corrected chi connectivity index (χ0v) is 97.4. The Kier molecular flexibility index (Phi) is 307. The molecule has 125 heavy (non-hydrogen) atoms. The third-order valence-corrected chi connectivity index (χ3v) is 12.5. The topological polar surface area (TPSA) is 148 Å². The van der Waals surface area contributed by atoms with Crippen molar-refractivity contribution in [2.24, 2.45) is 59.2 Å². The van der Waals surface area contributed by atoms with Crippen molar-refractivity contribution in [3.63, 3.8) is 0 Å². The first-order valence-corrected chi connectivity index (χ1v) is 54.4. The van der Waals surface area contributed by atoms with Crippen molar-refractivity contribution < 1.29 is 18.9 Å². The highest BCUT2D eigenvalue weighted by Crippen LogP contribution is 2.15. The summed E-state index contributed by atoms with van der Waals surface area (Å²) >= 11 is 1.96. The fourth-order valence-electron chi connectivity index (χ4n) is 7.06. The highest BCUT2D eigenvalue weighted by Gasteiger charge is 2.16. The minimum Gasteiger partial charge on any atom is -0.381 e. The Bertz CT molecular complexity index is 967. The molecule has 0 aromatic rings. The number of hydrogen-bond donors (Lipinski definition) is 9. The average Bonchev–Trinajstić information content (AvgIpc) is 1.46. The number of morpholine rings is 1. The number of hydrogen-bond acceptors (Lipinski definition) is 15. The van der Waals surface area contributed by atoms with Crippen molar-refractivity contribution in [2.45, 2.75) is 504 Å². The molecule has 796 valence electrons. The second kappa shape index (κ2) is 208. The summed E-state index contributed by atoms with van der Waals surface area (Å²) < 4.78 is 20.3. The molecule has 0 radical (unpaired) electrons. The van der Waals surface area contributed by atoms with Crippen LogP contribution in [0, 0.1) is 59.2 Å². The van der Waals surface area contributed by atoms with Crippen molar-refractivity contribution in [1.82, 2.24) is 52.8 Å². The molecule has 0 aromatic heterocycles. The molecule has 1 aliphatic carbocycles. The van der Waals surface area contributed by atoms with Crippen molar-refractivity contribution in [3.8, 4) is 0 Å². The van der Waals surface area contributed by atoms with Gasteiger partial charge in [0.05, 0.1) is 26.0 Å². The molecule has 11 aliphatic rings. The molecular weight excluding hydrogens is 1560 g/mol. The van der Waals surface area contributed by atoms with E-state index in [1.807, 2.05) is 164 Å². The molecule has 0 bridgehead atoms. The molecule has 11 fully saturated rings. The van der Waals surface area contributed by atoms with Crippen LogP contribution in [-0.4, -0.2) is 186 Å². The zero-order chi connectivity index (χ0) is 100. The van der Waals surface area contributed by atoms with E-state index < -0.39 is 0 Å². The highest BCUT2D eigenvalue weighted by atomic mass is 32.2. The van der Waals surface area contributed by atoms with Crippen LogP contribution in [0.1, 0.15) is 492 Å². The van der Waals surface area contributed by atoms with E-state index in [9.17, 15) is 0 Å². The van der Waals surface area contributed by atoms with Gasteiger partial charge in [-0.1, -0.05) is 414 Å². The van der Waals surface area contributed by atoms with Crippen molar-refractivity contribution in [1.29, 1.82) is 0 Å². The number of piperidine rings is 1. The molecule has 0 amide bonds. The third kappa shape index (κ3) is 377. The third-order valence-electron chi connectivity index (χ3n) is 11.6.